The normalized spacial score (nSPS) is 31.2. The summed E-state index contributed by atoms with van der Waals surface area (Å²) in [6.07, 6.45) is 0.703. The lowest BCUT2D eigenvalue weighted by atomic mass is 9.72. The maximum Gasteiger partial charge on any atom is 0.218 e. The third kappa shape index (κ3) is 2.67. The van der Waals surface area contributed by atoms with Gasteiger partial charge in [0.25, 0.3) is 0 Å². The molecule has 1 aromatic carbocycles. The van der Waals surface area contributed by atoms with Crippen LogP contribution in [-0.4, -0.2) is 37.9 Å². The van der Waals surface area contributed by atoms with Crippen LogP contribution in [0.4, 0.5) is 0 Å². The summed E-state index contributed by atoms with van der Waals surface area (Å²) < 4.78 is 11.7. The predicted molar refractivity (Wildman–Crippen MR) is 87.4 cm³/mol. The molecule has 1 saturated heterocycles. The highest BCUT2D eigenvalue weighted by Crippen LogP contribution is 2.49. The van der Waals surface area contributed by atoms with Crippen molar-refractivity contribution < 1.29 is 9.47 Å². The van der Waals surface area contributed by atoms with Gasteiger partial charge in [-0.05, 0) is 24.7 Å². The van der Waals surface area contributed by atoms with Crippen molar-refractivity contribution >= 4 is 11.6 Å². The highest BCUT2D eigenvalue weighted by atomic mass is 35.5. The molecule has 2 aliphatic heterocycles. The first kappa shape index (κ1) is 16.1. The second-order valence-corrected chi connectivity index (χ2v) is 6.59. The Balaban J connectivity index is 2.13. The number of likely N-dealkylation sites (tertiary alicyclic amines) is 1. The Kier molecular flexibility index (Phi) is 4.24. The largest absolute Gasteiger partial charge is 0.446 e. The molecule has 0 amide bonds. The van der Waals surface area contributed by atoms with Gasteiger partial charge in [-0.2, -0.15) is 5.26 Å². The number of ether oxygens (including phenoxy) is 2. The zero-order valence-corrected chi connectivity index (χ0v) is 14.0. The number of fused-ring (bicyclic) bond motifs is 1. The summed E-state index contributed by atoms with van der Waals surface area (Å²) in [4.78, 5) is 2.23. The van der Waals surface area contributed by atoms with E-state index in [1.807, 2.05) is 24.3 Å². The number of hydrogen-bond donors (Lipinski definition) is 1. The van der Waals surface area contributed by atoms with E-state index in [9.17, 15) is 5.26 Å². The van der Waals surface area contributed by atoms with Crippen molar-refractivity contribution in [1.29, 1.82) is 5.26 Å². The van der Waals surface area contributed by atoms with E-state index in [-0.39, 0.29) is 17.7 Å². The molecule has 2 N–H and O–H groups in total. The Labute approximate surface area is 141 Å². The highest BCUT2D eigenvalue weighted by Gasteiger charge is 2.54. The molecule has 3 atom stereocenters. The Morgan fingerprint density at radius 1 is 1.43 bits per heavy atom. The fourth-order valence-electron chi connectivity index (χ4n) is 3.67. The summed E-state index contributed by atoms with van der Waals surface area (Å²) in [5.74, 6) is -0.820. The molecule has 122 valence electrons. The molecule has 2 aliphatic rings. The lowest BCUT2D eigenvalue weighted by Crippen LogP contribution is -2.58. The van der Waals surface area contributed by atoms with Crippen LogP contribution in [0.2, 0.25) is 5.02 Å². The molecule has 6 heteroatoms. The minimum atomic E-state index is -0.790. The number of rotatable bonds is 2. The van der Waals surface area contributed by atoms with E-state index in [0.717, 1.165) is 18.7 Å². The number of halogens is 1. The number of allylic oxidation sites excluding steroid dienone is 1. The summed E-state index contributed by atoms with van der Waals surface area (Å²) in [5.41, 5.74) is 7.52. The summed E-state index contributed by atoms with van der Waals surface area (Å²) in [6.45, 7) is 1.62. The standard InChI is InChI=1S/C17H20ClN3O2/c1-21-8-7-17(22-2)14(10-21)15(13(9-19)16(20)23-17)11-3-5-12(18)6-4-11/h3-6,14-15H,7-8,10,20H2,1-2H3/t14-,15+,17+/m0/s1. The molecule has 5 nitrogen and oxygen atoms in total. The topological polar surface area (TPSA) is 71.5 Å². The van der Waals surface area contributed by atoms with Gasteiger partial charge in [0.2, 0.25) is 11.7 Å². The van der Waals surface area contributed by atoms with Crippen molar-refractivity contribution in [3.63, 3.8) is 0 Å². The van der Waals surface area contributed by atoms with Crippen LogP contribution in [-0.2, 0) is 9.47 Å². The number of methoxy groups -OCH3 is 1. The minimum absolute atomic E-state index is 0.0191. The number of piperidine rings is 1. The van der Waals surface area contributed by atoms with Crippen molar-refractivity contribution in [2.24, 2.45) is 11.7 Å². The maximum atomic E-state index is 9.61. The summed E-state index contributed by atoms with van der Waals surface area (Å²) in [5, 5.41) is 10.3. The zero-order valence-electron chi connectivity index (χ0n) is 13.3. The van der Waals surface area contributed by atoms with E-state index in [1.54, 1.807) is 7.11 Å². The minimum Gasteiger partial charge on any atom is -0.446 e. The van der Waals surface area contributed by atoms with Crippen LogP contribution in [0.25, 0.3) is 0 Å². The number of benzene rings is 1. The molecule has 0 unspecified atom stereocenters. The van der Waals surface area contributed by atoms with E-state index in [1.165, 1.54) is 0 Å². The van der Waals surface area contributed by atoms with Gasteiger partial charge in [0.15, 0.2) is 0 Å². The SMILES string of the molecule is CO[C@@]12CCN(C)C[C@H]1[C@H](c1ccc(Cl)cc1)C(C#N)=C(N)O2. The number of nitrogens with two attached hydrogens (primary N) is 1. The van der Waals surface area contributed by atoms with Crippen LogP contribution in [0.5, 0.6) is 0 Å². The molecule has 0 spiro atoms. The Morgan fingerprint density at radius 2 is 2.13 bits per heavy atom. The molecule has 1 fully saturated rings. The van der Waals surface area contributed by atoms with E-state index in [4.69, 9.17) is 26.8 Å². The third-order valence-electron chi connectivity index (χ3n) is 4.87. The summed E-state index contributed by atoms with van der Waals surface area (Å²) >= 11 is 6.01. The fourth-order valence-corrected chi connectivity index (χ4v) is 3.79. The Bertz CT molecular complexity index is 667. The van der Waals surface area contributed by atoms with E-state index in [0.29, 0.717) is 17.0 Å². The molecule has 0 saturated carbocycles. The van der Waals surface area contributed by atoms with Gasteiger partial charge in [-0.15, -0.1) is 0 Å². The van der Waals surface area contributed by atoms with Crippen LogP contribution >= 0.6 is 11.6 Å². The van der Waals surface area contributed by atoms with Crippen molar-refractivity contribution in [3.05, 3.63) is 46.3 Å². The average molecular weight is 334 g/mol. The number of hydrogen-bond acceptors (Lipinski definition) is 5. The van der Waals surface area contributed by atoms with Gasteiger partial charge in [-0.1, -0.05) is 23.7 Å². The molecular weight excluding hydrogens is 314 g/mol. The van der Waals surface area contributed by atoms with Gasteiger partial charge in [-0.3, -0.25) is 0 Å². The van der Waals surface area contributed by atoms with Crippen LogP contribution in [0.1, 0.15) is 17.9 Å². The summed E-state index contributed by atoms with van der Waals surface area (Å²) in [6, 6.07) is 9.78. The van der Waals surface area contributed by atoms with E-state index < -0.39 is 5.79 Å². The van der Waals surface area contributed by atoms with Crippen LogP contribution < -0.4 is 5.73 Å². The van der Waals surface area contributed by atoms with Crippen LogP contribution in [0.3, 0.4) is 0 Å². The Morgan fingerprint density at radius 3 is 2.74 bits per heavy atom. The number of nitrogens with zero attached hydrogens (tertiary/aromatic N) is 2. The third-order valence-corrected chi connectivity index (χ3v) is 5.12. The van der Waals surface area contributed by atoms with Crippen molar-refractivity contribution in [2.45, 2.75) is 18.1 Å². The maximum absolute atomic E-state index is 9.61. The van der Waals surface area contributed by atoms with E-state index in [2.05, 4.69) is 18.0 Å². The lowest BCUT2D eigenvalue weighted by molar-refractivity contribution is -0.264. The van der Waals surface area contributed by atoms with Crippen molar-refractivity contribution in [3.8, 4) is 6.07 Å². The van der Waals surface area contributed by atoms with Gasteiger partial charge >= 0.3 is 0 Å². The zero-order chi connectivity index (χ0) is 16.6. The molecule has 2 heterocycles. The van der Waals surface area contributed by atoms with Gasteiger partial charge in [0.1, 0.15) is 6.07 Å². The average Bonchev–Trinajstić information content (AvgIpc) is 2.55. The second kappa shape index (κ2) is 6.04. The molecule has 0 aliphatic carbocycles. The second-order valence-electron chi connectivity index (χ2n) is 6.16. The molecular formula is C17H20ClN3O2. The fraction of sp³-hybridized carbons (Fsp3) is 0.471. The quantitative estimate of drug-likeness (QED) is 0.900. The van der Waals surface area contributed by atoms with Crippen molar-refractivity contribution in [2.75, 3.05) is 27.2 Å². The summed E-state index contributed by atoms with van der Waals surface area (Å²) in [7, 11) is 3.70. The van der Waals surface area contributed by atoms with Crippen LogP contribution in [0.15, 0.2) is 35.7 Å². The van der Waals surface area contributed by atoms with Gasteiger partial charge in [0, 0.05) is 43.5 Å². The van der Waals surface area contributed by atoms with E-state index >= 15 is 0 Å². The van der Waals surface area contributed by atoms with Gasteiger partial charge in [0.05, 0.1) is 5.57 Å². The molecule has 0 bridgehead atoms. The monoisotopic (exact) mass is 333 g/mol. The van der Waals surface area contributed by atoms with Gasteiger partial charge < -0.3 is 20.1 Å². The first-order valence-corrected chi connectivity index (χ1v) is 7.96. The molecule has 3 rings (SSSR count). The smallest absolute Gasteiger partial charge is 0.218 e. The first-order chi connectivity index (χ1) is 11.0. The van der Waals surface area contributed by atoms with Crippen molar-refractivity contribution in [1.82, 2.24) is 4.90 Å². The van der Waals surface area contributed by atoms with Crippen LogP contribution in [0, 0.1) is 17.2 Å². The molecule has 1 aromatic rings. The molecule has 23 heavy (non-hydrogen) atoms. The number of nitriles is 1. The lowest BCUT2D eigenvalue weighted by Gasteiger charge is -2.51. The molecule has 0 radical (unpaired) electrons. The first-order valence-electron chi connectivity index (χ1n) is 7.58. The Hall–Kier alpha value is -1.74. The van der Waals surface area contributed by atoms with Gasteiger partial charge in [-0.25, -0.2) is 0 Å². The highest BCUT2D eigenvalue weighted by molar-refractivity contribution is 6.30. The molecule has 0 aromatic heterocycles. The predicted octanol–water partition coefficient (Wildman–Crippen LogP) is 2.44.